The van der Waals surface area contributed by atoms with Crippen LogP contribution in [0.2, 0.25) is 0 Å². The molecule has 0 unspecified atom stereocenters. The van der Waals surface area contributed by atoms with E-state index in [0.717, 1.165) is 0 Å². The van der Waals surface area contributed by atoms with Gasteiger partial charge in [-0.05, 0) is 6.07 Å². The standard InChI is InChI=1S/C6H4N5.ClH/c7-8-4-2-1-3-5-6(4)10-11-9-5;/h1-3H,(H,9,10,11);1H/q+1;/p-1. The number of benzene rings is 1. The summed E-state index contributed by atoms with van der Waals surface area (Å²) in [6.07, 6.45) is 0. The lowest BCUT2D eigenvalue weighted by atomic mass is 10.3. The predicted octanol–water partition coefficient (Wildman–Crippen LogP) is -1.55. The van der Waals surface area contributed by atoms with Crippen LogP contribution < -0.4 is 12.4 Å². The number of H-pyrrole nitrogens is 1. The lowest BCUT2D eigenvalue weighted by molar-refractivity contribution is -0.00000256. The van der Waals surface area contributed by atoms with E-state index in [1.54, 1.807) is 18.2 Å². The Morgan fingerprint density at radius 1 is 1.33 bits per heavy atom. The van der Waals surface area contributed by atoms with Gasteiger partial charge in [-0.3, -0.25) is 0 Å². The molecule has 6 heteroatoms. The van der Waals surface area contributed by atoms with Crippen molar-refractivity contribution in [1.82, 2.24) is 15.4 Å². The molecule has 1 aromatic heterocycles. The van der Waals surface area contributed by atoms with Crippen LogP contribution in [-0.2, 0) is 0 Å². The summed E-state index contributed by atoms with van der Waals surface area (Å²) in [4.78, 5) is 3.05. The van der Waals surface area contributed by atoms with Crippen molar-refractivity contribution in [2.45, 2.75) is 0 Å². The Morgan fingerprint density at radius 2 is 2.17 bits per heavy atom. The minimum absolute atomic E-state index is 0. The number of fused-ring (bicyclic) bond motifs is 1. The number of diazo groups is 1. The smallest absolute Gasteiger partial charge is 0.414 e. The van der Waals surface area contributed by atoms with Crippen LogP contribution in [0.1, 0.15) is 0 Å². The van der Waals surface area contributed by atoms with Gasteiger partial charge in [0.25, 0.3) is 0 Å². The predicted molar refractivity (Wildman–Crippen MR) is 38.6 cm³/mol. The average molecular weight is 182 g/mol. The van der Waals surface area contributed by atoms with E-state index >= 15 is 0 Å². The van der Waals surface area contributed by atoms with Crippen molar-refractivity contribution in [3.8, 4) is 0 Å². The summed E-state index contributed by atoms with van der Waals surface area (Å²) in [5.74, 6) is 0. The number of hydrogen-bond donors (Lipinski definition) is 1. The third-order valence-corrected chi connectivity index (χ3v) is 1.43. The summed E-state index contributed by atoms with van der Waals surface area (Å²) in [7, 11) is 0. The van der Waals surface area contributed by atoms with Crippen LogP contribution in [0.15, 0.2) is 18.2 Å². The Labute approximate surface area is 73.8 Å². The van der Waals surface area contributed by atoms with Crippen LogP contribution in [0.5, 0.6) is 0 Å². The van der Waals surface area contributed by atoms with E-state index in [4.69, 9.17) is 5.39 Å². The molecule has 0 amide bonds. The molecule has 1 N–H and O–H groups in total. The Kier molecular flexibility index (Phi) is 2.21. The SMILES string of the molecule is N#[N+]c1cccc2n[nH]nc12.[Cl-]. The summed E-state index contributed by atoms with van der Waals surface area (Å²) in [5.41, 5.74) is 1.70. The Morgan fingerprint density at radius 3 is 2.92 bits per heavy atom. The summed E-state index contributed by atoms with van der Waals surface area (Å²) < 4.78 is 0. The highest BCUT2D eigenvalue weighted by atomic mass is 35.5. The molecule has 1 heterocycles. The number of aromatic amines is 1. The molecule has 0 spiro atoms. The highest BCUT2D eigenvalue weighted by molar-refractivity contribution is 5.87. The zero-order valence-corrected chi connectivity index (χ0v) is 6.65. The summed E-state index contributed by atoms with van der Waals surface area (Å²) in [6.45, 7) is 0. The topological polar surface area (TPSA) is 69.7 Å². The minimum atomic E-state index is 0. The molecule has 5 nitrogen and oxygen atoms in total. The number of nitrogens with zero attached hydrogens (tertiary/aromatic N) is 4. The van der Waals surface area contributed by atoms with Gasteiger partial charge in [0.05, 0.1) is 0 Å². The first-order valence-electron chi connectivity index (χ1n) is 3.06. The molecule has 0 aliphatic carbocycles. The second kappa shape index (κ2) is 3.15. The van der Waals surface area contributed by atoms with E-state index in [9.17, 15) is 0 Å². The van der Waals surface area contributed by atoms with Crippen molar-refractivity contribution in [3.63, 3.8) is 0 Å². The van der Waals surface area contributed by atoms with E-state index in [1.165, 1.54) is 0 Å². The maximum atomic E-state index is 8.50. The molecule has 0 aliphatic rings. The first-order valence-corrected chi connectivity index (χ1v) is 3.06. The first-order chi connectivity index (χ1) is 5.42. The maximum Gasteiger partial charge on any atom is 0.414 e. The van der Waals surface area contributed by atoms with Crippen LogP contribution in [0.3, 0.4) is 0 Å². The van der Waals surface area contributed by atoms with Crippen molar-refractivity contribution in [2.24, 2.45) is 0 Å². The van der Waals surface area contributed by atoms with Gasteiger partial charge in [0.2, 0.25) is 10.9 Å². The number of rotatable bonds is 0. The van der Waals surface area contributed by atoms with Crippen LogP contribution >= 0.6 is 0 Å². The fourth-order valence-electron chi connectivity index (χ4n) is 0.934. The number of aromatic nitrogens is 3. The van der Waals surface area contributed by atoms with E-state index in [-0.39, 0.29) is 12.4 Å². The van der Waals surface area contributed by atoms with Crippen LogP contribution in [-0.4, -0.2) is 15.4 Å². The largest absolute Gasteiger partial charge is 1.00 e. The van der Waals surface area contributed by atoms with Gasteiger partial charge in [0.1, 0.15) is 5.52 Å². The third-order valence-electron chi connectivity index (χ3n) is 1.43. The molecule has 0 bridgehead atoms. The molecule has 60 valence electrons. The van der Waals surface area contributed by atoms with Gasteiger partial charge in [0.15, 0.2) is 4.98 Å². The molecule has 12 heavy (non-hydrogen) atoms. The van der Waals surface area contributed by atoms with E-state index < -0.39 is 0 Å². The van der Waals surface area contributed by atoms with Crippen molar-refractivity contribution in [2.75, 3.05) is 0 Å². The summed E-state index contributed by atoms with van der Waals surface area (Å²) in [6, 6.07) is 5.19. The van der Waals surface area contributed by atoms with Crippen molar-refractivity contribution >= 4 is 16.7 Å². The normalized spacial score (nSPS) is 8.92. The molecule has 0 atom stereocenters. The van der Waals surface area contributed by atoms with Gasteiger partial charge < -0.3 is 12.4 Å². The molecular weight excluding hydrogens is 178 g/mol. The summed E-state index contributed by atoms with van der Waals surface area (Å²) in [5, 5.41) is 18.6. The van der Waals surface area contributed by atoms with Crippen LogP contribution in [0.25, 0.3) is 16.0 Å². The molecule has 0 aliphatic heterocycles. The molecular formula is C6H4ClN5. The molecule has 0 fully saturated rings. The van der Waals surface area contributed by atoms with Gasteiger partial charge >= 0.3 is 5.69 Å². The second-order valence-corrected chi connectivity index (χ2v) is 2.07. The highest BCUT2D eigenvalue weighted by Gasteiger charge is 2.13. The molecule has 2 aromatic rings. The maximum absolute atomic E-state index is 8.50. The van der Waals surface area contributed by atoms with Crippen molar-refractivity contribution in [3.05, 3.63) is 23.2 Å². The van der Waals surface area contributed by atoms with Crippen LogP contribution in [0, 0.1) is 5.39 Å². The fraction of sp³-hybridized carbons (Fsp3) is 0. The Balaban J connectivity index is 0.000000720. The third kappa shape index (κ3) is 1.08. The lowest BCUT2D eigenvalue weighted by Gasteiger charge is -1.76. The Bertz CT molecular complexity index is 429. The highest BCUT2D eigenvalue weighted by Crippen LogP contribution is 2.20. The van der Waals surface area contributed by atoms with E-state index in [0.29, 0.717) is 16.7 Å². The molecule has 0 radical (unpaired) electrons. The molecule has 0 saturated carbocycles. The van der Waals surface area contributed by atoms with E-state index in [2.05, 4.69) is 20.4 Å². The van der Waals surface area contributed by atoms with Gasteiger partial charge in [-0.2, -0.15) is 10.3 Å². The zero-order chi connectivity index (χ0) is 7.68. The second-order valence-electron chi connectivity index (χ2n) is 2.07. The average Bonchev–Trinajstić information content (AvgIpc) is 2.50. The first kappa shape index (κ1) is 8.43. The lowest BCUT2D eigenvalue weighted by Crippen LogP contribution is -3.00. The number of nitrogens with one attached hydrogen (secondary N) is 1. The zero-order valence-electron chi connectivity index (χ0n) is 5.90. The minimum Gasteiger partial charge on any atom is -1.00 e. The number of halogens is 1. The monoisotopic (exact) mass is 181 g/mol. The molecule has 1 aromatic carbocycles. The quantitative estimate of drug-likeness (QED) is 0.500. The van der Waals surface area contributed by atoms with Gasteiger partial charge in [-0.25, -0.2) is 0 Å². The fourth-order valence-corrected chi connectivity index (χ4v) is 0.934. The number of hydrogen-bond acceptors (Lipinski definition) is 3. The summed E-state index contributed by atoms with van der Waals surface area (Å²) >= 11 is 0. The Hall–Kier alpha value is -1.67. The van der Waals surface area contributed by atoms with Gasteiger partial charge in [-0.15, -0.1) is 5.10 Å². The van der Waals surface area contributed by atoms with E-state index in [1.807, 2.05) is 0 Å². The van der Waals surface area contributed by atoms with Crippen LogP contribution in [0.4, 0.5) is 5.69 Å². The van der Waals surface area contributed by atoms with Gasteiger partial charge in [0, 0.05) is 6.07 Å². The van der Waals surface area contributed by atoms with Crippen molar-refractivity contribution in [1.29, 1.82) is 5.39 Å². The van der Waals surface area contributed by atoms with Crippen molar-refractivity contribution < 1.29 is 12.4 Å². The van der Waals surface area contributed by atoms with Gasteiger partial charge in [-0.1, -0.05) is 6.07 Å². The molecule has 2 rings (SSSR count). The molecule has 0 saturated heterocycles. The number of para-hydroxylation sites is 1.